The average Bonchev–Trinajstić information content (AvgIpc) is 2.47. The summed E-state index contributed by atoms with van der Waals surface area (Å²) in [4.78, 5) is 13.8. The molecule has 1 heterocycles. The molecule has 3 N–H and O–H groups in total. The predicted octanol–water partition coefficient (Wildman–Crippen LogP) is 3.47. The standard InChI is InChI=1S/C17H26FN3O2/c1-17(2,3)23-16(22)21-9-7-12(8-10-21)11-20-14-6-4-5-13(18)15(14)19/h4-6,12,20H,7-11,19H2,1-3H3. The van der Waals surface area contributed by atoms with Gasteiger partial charge in [0.25, 0.3) is 0 Å². The van der Waals surface area contributed by atoms with E-state index in [1.165, 1.54) is 6.07 Å². The maximum Gasteiger partial charge on any atom is 0.410 e. The van der Waals surface area contributed by atoms with Crippen LogP contribution >= 0.6 is 0 Å². The Kier molecular flexibility index (Phi) is 5.34. The number of carbonyl (C=O) groups excluding carboxylic acids is 1. The fourth-order valence-electron chi connectivity index (χ4n) is 2.59. The van der Waals surface area contributed by atoms with Crippen LogP contribution in [0.25, 0.3) is 0 Å². The van der Waals surface area contributed by atoms with Crippen LogP contribution in [0.4, 0.5) is 20.6 Å². The van der Waals surface area contributed by atoms with Crippen molar-refractivity contribution in [2.45, 2.75) is 39.2 Å². The SMILES string of the molecule is CC(C)(C)OC(=O)N1CCC(CNc2cccc(F)c2N)CC1. The van der Waals surface area contributed by atoms with Gasteiger partial charge < -0.3 is 20.7 Å². The summed E-state index contributed by atoms with van der Waals surface area (Å²) >= 11 is 0. The average molecular weight is 323 g/mol. The van der Waals surface area contributed by atoms with Crippen molar-refractivity contribution >= 4 is 17.5 Å². The van der Waals surface area contributed by atoms with Gasteiger partial charge in [-0.05, 0) is 51.7 Å². The molecule has 1 saturated heterocycles. The van der Waals surface area contributed by atoms with Crippen LogP contribution in [-0.4, -0.2) is 36.2 Å². The van der Waals surface area contributed by atoms with E-state index >= 15 is 0 Å². The second-order valence-corrected chi connectivity index (χ2v) is 6.99. The molecule has 1 aromatic carbocycles. The highest BCUT2D eigenvalue weighted by Crippen LogP contribution is 2.24. The summed E-state index contributed by atoms with van der Waals surface area (Å²) in [6.45, 7) is 7.68. The molecule has 0 aliphatic carbocycles. The molecule has 0 bridgehead atoms. The lowest BCUT2D eigenvalue weighted by Crippen LogP contribution is -2.42. The fourth-order valence-corrected chi connectivity index (χ4v) is 2.59. The van der Waals surface area contributed by atoms with Crippen molar-refractivity contribution in [3.8, 4) is 0 Å². The Morgan fingerprint density at radius 3 is 2.65 bits per heavy atom. The Morgan fingerprint density at radius 1 is 1.39 bits per heavy atom. The van der Waals surface area contributed by atoms with Crippen molar-refractivity contribution in [3.05, 3.63) is 24.0 Å². The number of nitrogens with one attached hydrogen (secondary N) is 1. The molecule has 0 spiro atoms. The molecule has 0 radical (unpaired) electrons. The number of nitrogens with two attached hydrogens (primary N) is 1. The van der Waals surface area contributed by atoms with Gasteiger partial charge in [0.05, 0.1) is 11.4 Å². The minimum atomic E-state index is -0.468. The smallest absolute Gasteiger partial charge is 0.410 e. The summed E-state index contributed by atoms with van der Waals surface area (Å²) in [6, 6.07) is 4.76. The van der Waals surface area contributed by atoms with Crippen molar-refractivity contribution in [1.29, 1.82) is 0 Å². The number of para-hydroxylation sites is 1. The zero-order valence-corrected chi connectivity index (χ0v) is 14.1. The minimum absolute atomic E-state index is 0.152. The molecule has 23 heavy (non-hydrogen) atoms. The minimum Gasteiger partial charge on any atom is -0.444 e. The lowest BCUT2D eigenvalue weighted by atomic mass is 9.97. The Hall–Kier alpha value is -1.98. The number of nitrogen functional groups attached to an aromatic ring is 1. The number of piperidine rings is 1. The number of rotatable bonds is 3. The molecule has 1 aliphatic heterocycles. The van der Waals surface area contributed by atoms with Gasteiger partial charge in [-0.1, -0.05) is 6.07 Å². The van der Waals surface area contributed by atoms with E-state index in [0.29, 0.717) is 24.7 Å². The first kappa shape index (κ1) is 17.4. The van der Waals surface area contributed by atoms with Gasteiger partial charge in [0, 0.05) is 19.6 Å². The van der Waals surface area contributed by atoms with Gasteiger partial charge in [-0.25, -0.2) is 9.18 Å². The van der Waals surface area contributed by atoms with Crippen LogP contribution in [0.2, 0.25) is 0 Å². The third-order valence-electron chi connectivity index (χ3n) is 3.90. The molecule has 1 fully saturated rings. The summed E-state index contributed by atoms with van der Waals surface area (Å²) < 4.78 is 18.8. The van der Waals surface area contributed by atoms with E-state index in [0.717, 1.165) is 19.4 Å². The molecule has 1 aromatic rings. The summed E-state index contributed by atoms with van der Waals surface area (Å²) in [5, 5.41) is 3.21. The summed E-state index contributed by atoms with van der Waals surface area (Å²) in [5.41, 5.74) is 6.02. The third kappa shape index (κ3) is 5.01. The number of nitrogens with zero attached hydrogens (tertiary/aromatic N) is 1. The zero-order chi connectivity index (χ0) is 17.0. The van der Waals surface area contributed by atoms with Crippen molar-refractivity contribution in [2.75, 3.05) is 30.7 Å². The number of hydrogen-bond donors (Lipinski definition) is 2. The molecule has 0 aromatic heterocycles. The van der Waals surface area contributed by atoms with Crippen molar-refractivity contribution < 1.29 is 13.9 Å². The highest BCUT2D eigenvalue weighted by atomic mass is 19.1. The number of ether oxygens (including phenoxy) is 1. The van der Waals surface area contributed by atoms with Crippen LogP contribution in [0.15, 0.2) is 18.2 Å². The van der Waals surface area contributed by atoms with E-state index in [4.69, 9.17) is 10.5 Å². The van der Waals surface area contributed by atoms with Crippen LogP contribution in [0.5, 0.6) is 0 Å². The Morgan fingerprint density at radius 2 is 2.04 bits per heavy atom. The lowest BCUT2D eigenvalue weighted by molar-refractivity contribution is 0.0188. The number of amides is 1. The molecule has 5 nitrogen and oxygen atoms in total. The largest absolute Gasteiger partial charge is 0.444 e. The van der Waals surface area contributed by atoms with Crippen molar-refractivity contribution in [3.63, 3.8) is 0 Å². The van der Waals surface area contributed by atoms with Gasteiger partial charge in [-0.15, -0.1) is 0 Å². The van der Waals surface area contributed by atoms with Crippen LogP contribution in [0, 0.1) is 11.7 Å². The Labute approximate surface area is 137 Å². The van der Waals surface area contributed by atoms with Crippen LogP contribution < -0.4 is 11.1 Å². The number of likely N-dealkylation sites (tertiary alicyclic amines) is 1. The molecule has 1 amide bonds. The fraction of sp³-hybridized carbons (Fsp3) is 0.588. The van der Waals surface area contributed by atoms with E-state index in [9.17, 15) is 9.18 Å². The van der Waals surface area contributed by atoms with Crippen molar-refractivity contribution in [2.24, 2.45) is 5.92 Å². The van der Waals surface area contributed by atoms with E-state index in [1.54, 1.807) is 17.0 Å². The Bertz CT molecular complexity index is 549. The number of halogens is 1. The normalized spacial score (nSPS) is 16.3. The lowest BCUT2D eigenvalue weighted by Gasteiger charge is -2.33. The molecule has 128 valence electrons. The van der Waals surface area contributed by atoms with E-state index in [-0.39, 0.29) is 11.8 Å². The summed E-state index contributed by atoms with van der Waals surface area (Å²) in [5.74, 6) is 0.0195. The first-order chi connectivity index (χ1) is 10.8. The molecule has 6 heteroatoms. The van der Waals surface area contributed by atoms with Crippen LogP contribution in [0.1, 0.15) is 33.6 Å². The zero-order valence-electron chi connectivity index (χ0n) is 14.1. The highest BCUT2D eigenvalue weighted by molar-refractivity contribution is 5.68. The molecule has 0 unspecified atom stereocenters. The molecule has 0 saturated carbocycles. The first-order valence-corrected chi connectivity index (χ1v) is 8.02. The van der Waals surface area contributed by atoms with Crippen molar-refractivity contribution in [1.82, 2.24) is 4.90 Å². The number of benzene rings is 1. The highest BCUT2D eigenvalue weighted by Gasteiger charge is 2.26. The first-order valence-electron chi connectivity index (χ1n) is 8.02. The molecular weight excluding hydrogens is 297 g/mol. The maximum absolute atomic E-state index is 13.4. The van der Waals surface area contributed by atoms with Gasteiger partial charge in [0.1, 0.15) is 11.4 Å². The third-order valence-corrected chi connectivity index (χ3v) is 3.90. The molecular formula is C17H26FN3O2. The second kappa shape index (κ2) is 7.06. The van der Waals surface area contributed by atoms with Gasteiger partial charge in [0.15, 0.2) is 0 Å². The van der Waals surface area contributed by atoms with E-state index in [1.807, 2.05) is 20.8 Å². The summed E-state index contributed by atoms with van der Waals surface area (Å²) in [7, 11) is 0. The van der Waals surface area contributed by atoms with Gasteiger partial charge >= 0.3 is 6.09 Å². The Balaban J connectivity index is 1.79. The number of anilines is 2. The molecule has 1 aliphatic rings. The second-order valence-electron chi connectivity index (χ2n) is 6.99. The number of hydrogen-bond acceptors (Lipinski definition) is 4. The monoisotopic (exact) mass is 323 g/mol. The molecule has 0 atom stereocenters. The predicted molar refractivity (Wildman–Crippen MR) is 89.8 cm³/mol. The van der Waals surface area contributed by atoms with Gasteiger partial charge in [-0.2, -0.15) is 0 Å². The van der Waals surface area contributed by atoms with E-state index < -0.39 is 11.4 Å². The van der Waals surface area contributed by atoms with E-state index in [2.05, 4.69) is 5.32 Å². The topological polar surface area (TPSA) is 67.6 Å². The van der Waals surface area contributed by atoms with Crippen LogP contribution in [0.3, 0.4) is 0 Å². The number of carbonyl (C=O) groups is 1. The molecule has 2 rings (SSSR count). The quantitative estimate of drug-likeness (QED) is 0.836. The van der Waals surface area contributed by atoms with Gasteiger partial charge in [0.2, 0.25) is 0 Å². The van der Waals surface area contributed by atoms with Gasteiger partial charge in [-0.3, -0.25) is 0 Å². The maximum atomic E-state index is 13.4. The van der Waals surface area contributed by atoms with Crippen LogP contribution in [-0.2, 0) is 4.74 Å². The summed E-state index contributed by atoms with van der Waals surface area (Å²) in [6.07, 6.45) is 1.53.